The van der Waals surface area contributed by atoms with Gasteiger partial charge >= 0.3 is 0 Å². The summed E-state index contributed by atoms with van der Waals surface area (Å²) in [5.41, 5.74) is 1.42. The molecule has 0 atom stereocenters. The Hall–Kier alpha value is -2.56. The number of anilines is 3. The van der Waals surface area contributed by atoms with Crippen LogP contribution < -0.4 is 20.4 Å². The molecule has 2 aromatic rings. The number of benzene rings is 1. The summed E-state index contributed by atoms with van der Waals surface area (Å²) in [5.74, 6) is 0.626. The van der Waals surface area contributed by atoms with E-state index in [0.29, 0.717) is 23.9 Å². The third kappa shape index (κ3) is 6.02. The lowest BCUT2D eigenvalue weighted by molar-refractivity contribution is 0.0376. The molecular weight excluding hydrogens is 429 g/mol. The number of ether oxygens (including phenoxy) is 1. The van der Waals surface area contributed by atoms with Crippen LogP contribution in [0.3, 0.4) is 0 Å². The number of morpholine rings is 1. The Morgan fingerprint density at radius 2 is 1.81 bits per heavy atom. The van der Waals surface area contributed by atoms with E-state index < -0.39 is 0 Å². The van der Waals surface area contributed by atoms with Gasteiger partial charge in [-0.2, -0.15) is 0 Å². The van der Waals surface area contributed by atoms with Crippen molar-refractivity contribution < 1.29 is 9.13 Å². The van der Waals surface area contributed by atoms with Crippen molar-refractivity contribution >= 4 is 34.5 Å². The number of para-hydroxylation sites is 1. The minimum atomic E-state index is -0.185. The summed E-state index contributed by atoms with van der Waals surface area (Å²) in [5, 5.41) is 7.08. The van der Waals surface area contributed by atoms with Crippen LogP contribution in [0.25, 0.3) is 0 Å². The molecule has 0 saturated carbocycles. The predicted octanol–water partition coefficient (Wildman–Crippen LogP) is 1.95. The Kier molecular flexibility index (Phi) is 8.02. The van der Waals surface area contributed by atoms with Crippen molar-refractivity contribution in [3.63, 3.8) is 0 Å². The fraction of sp³-hybridized carbons (Fsp3) is 0.500. The molecule has 2 fully saturated rings. The minimum Gasteiger partial charge on any atom is -0.379 e. The lowest BCUT2D eigenvalue weighted by Gasteiger charge is -2.37. The summed E-state index contributed by atoms with van der Waals surface area (Å²) >= 11 is 5.48. The molecule has 1 aromatic heterocycles. The van der Waals surface area contributed by atoms with Crippen molar-refractivity contribution in [2.45, 2.75) is 6.42 Å². The fourth-order valence-corrected chi connectivity index (χ4v) is 4.24. The van der Waals surface area contributed by atoms with Crippen molar-refractivity contribution in [3.8, 4) is 0 Å². The van der Waals surface area contributed by atoms with Crippen LogP contribution in [-0.2, 0) is 4.74 Å². The van der Waals surface area contributed by atoms with E-state index in [1.807, 2.05) is 12.1 Å². The topological polar surface area (TPSA) is 68.8 Å². The number of rotatable bonds is 7. The number of halogens is 1. The molecule has 0 unspecified atom stereocenters. The zero-order valence-electron chi connectivity index (χ0n) is 18.2. The zero-order valence-corrected chi connectivity index (χ0v) is 19.0. The summed E-state index contributed by atoms with van der Waals surface area (Å²) in [7, 11) is 0. The largest absolute Gasteiger partial charge is 0.379 e. The van der Waals surface area contributed by atoms with Gasteiger partial charge in [0.2, 0.25) is 0 Å². The molecular formula is C22H30FN7OS. The summed E-state index contributed by atoms with van der Waals surface area (Å²) in [6.45, 7) is 8.37. The van der Waals surface area contributed by atoms with Gasteiger partial charge in [0.25, 0.3) is 0 Å². The molecule has 1 aromatic carbocycles. The van der Waals surface area contributed by atoms with Gasteiger partial charge < -0.3 is 25.2 Å². The van der Waals surface area contributed by atoms with E-state index in [1.165, 1.54) is 6.07 Å². The van der Waals surface area contributed by atoms with Crippen LogP contribution in [0.5, 0.6) is 0 Å². The lowest BCUT2D eigenvalue weighted by atomic mass is 10.2. The molecule has 172 valence electrons. The molecule has 3 heterocycles. The number of nitrogens with zero attached hydrogens (tertiary/aromatic N) is 5. The van der Waals surface area contributed by atoms with Crippen LogP contribution in [0.15, 0.2) is 36.8 Å². The van der Waals surface area contributed by atoms with Crippen LogP contribution >= 0.6 is 12.2 Å². The van der Waals surface area contributed by atoms with Crippen molar-refractivity contribution in [1.29, 1.82) is 0 Å². The molecule has 4 rings (SSSR count). The van der Waals surface area contributed by atoms with Gasteiger partial charge in [0.05, 0.1) is 25.1 Å². The summed E-state index contributed by atoms with van der Waals surface area (Å²) in [4.78, 5) is 15.3. The summed E-state index contributed by atoms with van der Waals surface area (Å²) < 4.78 is 19.5. The van der Waals surface area contributed by atoms with Crippen molar-refractivity contribution in [3.05, 3.63) is 42.6 Å². The number of hydrogen-bond acceptors (Lipinski definition) is 7. The number of aromatic nitrogens is 2. The number of nitrogens with one attached hydrogen (secondary N) is 2. The van der Waals surface area contributed by atoms with Crippen LogP contribution in [0, 0.1) is 5.82 Å². The van der Waals surface area contributed by atoms with Crippen LogP contribution in [-0.4, -0.2) is 85.6 Å². The second kappa shape index (κ2) is 11.3. The van der Waals surface area contributed by atoms with Gasteiger partial charge in [-0.15, -0.1) is 0 Å². The van der Waals surface area contributed by atoms with E-state index in [-0.39, 0.29) is 5.82 Å². The molecule has 8 nitrogen and oxygen atoms in total. The van der Waals surface area contributed by atoms with Gasteiger partial charge in [-0.05, 0) is 37.3 Å². The Morgan fingerprint density at radius 1 is 1.06 bits per heavy atom. The highest BCUT2D eigenvalue weighted by Crippen LogP contribution is 2.25. The smallest absolute Gasteiger partial charge is 0.170 e. The Morgan fingerprint density at radius 3 is 2.59 bits per heavy atom. The van der Waals surface area contributed by atoms with E-state index in [2.05, 4.69) is 35.3 Å². The molecule has 2 aliphatic heterocycles. The maximum atomic E-state index is 14.1. The van der Waals surface area contributed by atoms with Gasteiger partial charge in [0, 0.05) is 45.8 Å². The van der Waals surface area contributed by atoms with E-state index in [0.717, 1.165) is 70.4 Å². The van der Waals surface area contributed by atoms with Gasteiger partial charge in [-0.3, -0.25) is 4.90 Å². The SMILES string of the molecule is Fc1ccccc1N1CCN(c2ncncc2NC(=S)NCCCN2CCOCC2)CC1. The predicted molar refractivity (Wildman–Crippen MR) is 129 cm³/mol. The minimum absolute atomic E-state index is 0.185. The molecule has 0 radical (unpaired) electrons. The maximum absolute atomic E-state index is 14.1. The Balaban J connectivity index is 1.26. The fourth-order valence-electron chi connectivity index (χ4n) is 4.03. The first-order valence-electron chi connectivity index (χ1n) is 11.1. The van der Waals surface area contributed by atoms with E-state index in [1.54, 1.807) is 18.6 Å². The zero-order chi connectivity index (χ0) is 22.2. The standard InChI is InChI=1S/C22H30FN7OS/c23-18-4-1-2-5-20(18)29-8-10-30(11-9-29)21-19(16-24-17-26-21)27-22(32)25-6-3-7-28-12-14-31-15-13-28/h1-2,4-5,16-17H,3,6-15H2,(H2,25,27,32). The van der Waals surface area contributed by atoms with E-state index >= 15 is 0 Å². The normalized spacial score (nSPS) is 17.3. The summed E-state index contributed by atoms with van der Waals surface area (Å²) in [6.07, 6.45) is 4.30. The van der Waals surface area contributed by atoms with Crippen LogP contribution in [0.1, 0.15) is 6.42 Å². The molecule has 0 bridgehead atoms. The third-order valence-electron chi connectivity index (χ3n) is 5.75. The summed E-state index contributed by atoms with van der Waals surface area (Å²) in [6, 6.07) is 6.91. The van der Waals surface area contributed by atoms with Crippen molar-refractivity contribution in [1.82, 2.24) is 20.2 Å². The van der Waals surface area contributed by atoms with Gasteiger partial charge in [-0.1, -0.05) is 12.1 Å². The second-order valence-electron chi connectivity index (χ2n) is 7.87. The molecule has 0 amide bonds. The molecule has 0 spiro atoms. The molecule has 10 heteroatoms. The first kappa shape index (κ1) is 22.6. The highest BCUT2D eigenvalue weighted by atomic mass is 32.1. The van der Waals surface area contributed by atoms with E-state index in [9.17, 15) is 4.39 Å². The monoisotopic (exact) mass is 459 g/mol. The highest BCUT2D eigenvalue weighted by Gasteiger charge is 2.22. The van der Waals surface area contributed by atoms with Gasteiger partial charge in [0.15, 0.2) is 10.9 Å². The van der Waals surface area contributed by atoms with Crippen LogP contribution in [0.2, 0.25) is 0 Å². The molecule has 2 N–H and O–H groups in total. The highest BCUT2D eigenvalue weighted by molar-refractivity contribution is 7.80. The first-order valence-corrected chi connectivity index (χ1v) is 11.5. The Bertz CT molecular complexity index is 888. The maximum Gasteiger partial charge on any atom is 0.170 e. The van der Waals surface area contributed by atoms with Crippen molar-refractivity contribution in [2.75, 3.05) is 80.7 Å². The first-order chi connectivity index (χ1) is 15.7. The van der Waals surface area contributed by atoms with Gasteiger partial charge in [-0.25, -0.2) is 14.4 Å². The second-order valence-corrected chi connectivity index (χ2v) is 8.28. The third-order valence-corrected chi connectivity index (χ3v) is 6.00. The molecule has 2 saturated heterocycles. The van der Waals surface area contributed by atoms with Crippen LogP contribution in [0.4, 0.5) is 21.6 Å². The number of hydrogen-bond donors (Lipinski definition) is 2. The van der Waals surface area contributed by atoms with Crippen molar-refractivity contribution in [2.24, 2.45) is 0 Å². The number of piperazine rings is 1. The molecule has 0 aliphatic carbocycles. The molecule has 2 aliphatic rings. The average molecular weight is 460 g/mol. The Labute approximate surface area is 193 Å². The number of thiocarbonyl (C=S) groups is 1. The molecule has 32 heavy (non-hydrogen) atoms. The quantitative estimate of drug-likeness (QED) is 0.478. The van der Waals surface area contributed by atoms with Gasteiger partial charge in [0.1, 0.15) is 17.8 Å². The lowest BCUT2D eigenvalue weighted by Crippen LogP contribution is -2.47. The average Bonchev–Trinajstić information content (AvgIpc) is 2.83. The van der Waals surface area contributed by atoms with E-state index in [4.69, 9.17) is 17.0 Å².